The van der Waals surface area contributed by atoms with Gasteiger partial charge >= 0.3 is 0 Å². The summed E-state index contributed by atoms with van der Waals surface area (Å²) in [7, 11) is 3.34. The highest BCUT2D eigenvalue weighted by molar-refractivity contribution is 5.42. The predicted molar refractivity (Wildman–Crippen MR) is 92.7 cm³/mol. The van der Waals surface area contributed by atoms with Gasteiger partial charge in [0, 0.05) is 5.92 Å². The van der Waals surface area contributed by atoms with E-state index in [0.29, 0.717) is 13.2 Å². The highest BCUT2D eigenvalue weighted by Crippen LogP contribution is 2.30. The summed E-state index contributed by atoms with van der Waals surface area (Å²) in [5.41, 5.74) is 8.28. The molecule has 124 valence electrons. The van der Waals surface area contributed by atoms with Crippen molar-refractivity contribution < 1.29 is 14.2 Å². The first-order chi connectivity index (χ1) is 11.2. The zero-order valence-corrected chi connectivity index (χ0v) is 14.0. The van der Waals surface area contributed by atoms with Gasteiger partial charge in [0.25, 0.3) is 0 Å². The van der Waals surface area contributed by atoms with Crippen LogP contribution in [0.1, 0.15) is 24.0 Å². The van der Waals surface area contributed by atoms with Crippen LogP contribution in [0.2, 0.25) is 0 Å². The average Bonchev–Trinajstić information content (AvgIpc) is 2.60. The molecule has 0 amide bonds. The van der Waals surface area contributed by atoms with Crippen molar-refractivity contribution >= 4 is 0 Å². The molecule has 0 spiro atoms. The summed E-state index contributed by atoms with van der Waals surface area (Å²) in [4.78, 5) is 0. The van der Waals surface area contributed by atoms with Gasteiger partial charge in [0.15, 0.2) is 0 Å². The fourth-order valence-electron chi connectivity index (χ4n) is 2.67. The zero-order valence-electron chi connectivity index (χ0n) is 14.0. The standard InChI is InChI=1S/C19H25NO3/c1-4-23-18-7-5-6-14(11-18)16(13-20)10-15-12-17(21-2)8-9-19(15)22-3/h5-9,11-12,16H,4,10,13,20H2,1-3H3. The molecule has 2 N–H and O–H groups in total. The normalized spacial score (nSPS) is 11.8. The molecule has 0 aromatic heterocycles. The first-order valence-corrected chi connectivity index (χ1v) is 7.85. The molecule has 0 aliphatic heterocycles. The van der Waals surface area contributed by atoms with Gasteiger partial charge in [-0.15, -0.1) is 0 Å². The number of nitrogens with two attached hydrogens (primary N) is 1. The Kier molecular flexibility index (Phi) is 6.29. The van der Waals surface area contributed by atoms with E-state index in [4.69, 9.17) is 19.9 Å². The second kappa shape index (κ2) is 8.44. The molecule has 4 heteroatoms. The minimum atomic E-state index is 0.191. The number of methoxy groups -OCH3 is 2. The molecule has 1 atom stereocenters. The summed E-state index contributed by atoms with van der Waals surface area (Å²) in [6.07, 6.45) is 0.784. The Balaban J connectivity index is 2.27. The van der Waals surface area contributed by atoms with E-state index in [9.17, 15) is 0 Å². The molecule has 2 aromatic rings. The zero-order chi connectivity index (χ0) is 16.7. The van der Waals surface area contributed by atoms with Crippen molar-refractivity contribution in [3.63, 3.8) is 0 Å². The highest BCUT2D eigenvalue weighted by atomic mass is 16.5. The van der Waals surface area contributed by atoms with Crippen LogP contribution in [0.25, 0.3) is 0 Å². The van der Waals surface area contributed by atoms with Crippen LogP contribution < -0.4 is 19.9 Å². The molecule has 2 rings (SSSR count). The summed E-state index contributed by atoms with van der Waals surface area (Å²) in [5, 5.41) is 0. The molecule has 0 saturated heterocycles. The Labute approximate surface area is 138 Å². The smallest absolute Gasteiger partial charge is 0.122 e. The van der Waals surface area contributed by atoms with Crippen molar-refractivity contribution in [2.75, 3.05) is 27.4 Å². The minimum Gasteiger partial charge on any atom is -0.497 e. The molecule has 0 aliphatic carbocycles. The molecule has 0 bridgehead atoms. The third kappa shape index (κ3) is 4.39. The van der Waals surface area contributed by atoms with Gasteiger partial charge in [0.2, 0.25) is 0 Å². The Morgan fingerprint density at radius 1 is 1.00 bits per heavy atom. The molecule has 0 saturated carbocycles. The quantitative estimate of drug-likeness (QED) is 0.811. The van der Waals surface area contributed by atoms with Crippen LogP contribution in [-0.4, -0.2) is 27.4 Å². The van der Waals surface area contributed by atoms with Crippen molar-refractivity contribution in [1.82, 2.24) is 0 Å². The van der Waals surface area contributed by atoms with Crippen LogP contribution >= 0.6 is 0 Å². The Bertz CT molecular complexity index is 628. The lowest BCUT2D eigenvalue weighted by molar-refractivity contribution is 0.339. The van der Waals surface area contributed by atoms with Gasteiger partial charge < -0.3 is 19.9 Å². The summed E-state index contributed by atoms with van der Waals surface area (Å²) in [5.74, 6) is 2.74. The maximum absolute atomic E-state index is 6.03. The van der Waals surface area contributed by atoms with Crippen LogP contribution in [0, 0.1) is 0 Å². The van der Waals surface area contributed by atoms with Crippen LogP contribution in [0.4, 0.5) is 0 Å². The molecule has 1 unspecified atom stereocenters. The van der Waals surface area contributed by atoms with E-state index in [1.54, 1.807) is 14.2 Å². The van der Waals surface area contributed by atoms with Crippen molar-refractivity contribution in [2.45, 2.75) is 19.3 Å². The van der Waals surface area contributed by atoms with Crippen LogP contribution in [-0.2, 0) is 6.42 Å². The van der Waals surface area contributed by atoms with Crippen LogP contribution in [0.5, 0.6) is 17.2 Å². The predicted octanol–water partition coefficient (Wildman–Crippen LogP) is 3.39. The molecule has 2 aromatic carbocycles. The lowest BCUT2D eigenvalue weighted by Gasteiger charge is -2.18. The fraction of sp³-hybridized carbons (Fsp3) is 0.368. The van der Waals surface area contributed by atoms with E-state index in [1.807, 2.05) is 37.3 Å². The lowest BCUT2D eigenvalue weighted by Crippen LogP contribution is -2.15. The summed E-state index contributed by atoms with van der Waals surface area (Å²) < 4.78 is 16.4. The lowest BCUT2D eigenvalue weighted by atomic mass is 9.91. The van der Waals surface area contributed by atoms with Gasteiger partial charge in [-0.2, -0.15) is 0 Å². The average molecular weight is 315 g/mol. The molecular weight excluding hydrogens is 290 g/mol. The van der Waals surface area contributed by atoms with Crippen molar-refractivity contribution in [1.29, 1.82) is 0 Å². The van der Waals surface area contributed by atoms with Crippen LogP contribution in [0.3, 0.4) is 0 Å². The number of benzene rings is 2. The minimum absolute atomic E-state index is 0.191. The van der Waals surface area contributed by atoms with E-state index in [1.165, 1.54) is 5.56 Å². The number of ether oxygens (including phenoxy) is 3. The van der Waals surface area contributed by atoms with Gasteiger partial charge in [-0.1, -0.05) is 12.1 Å². The van der Waals surface area contributed by atoms with Crippen molar-refractivity contribution in [3.05, 3.63) is 53.6 Å². The Morgan fingerprint density at radius 3 is 2.48 bits per heavy atom. The summed E-state index contributed by atoms with van der Waals surface area (Å²) >= 11 is 0. The van der Waals surface area contributed by atoms with Gasteiger partial charge in [0.05, 0.1) is 20.8 Å². The van der Waals surface area contributed by atoms with E-state index < -0.39 is 0 Å². The van der Waals surface area contributed by atoms with E-state index in [-0.39, 0.29) is 5.92 Å². The van der Waals surface area contributed by atoms with Crippen molar-refractivity contribution in [2.24, 2.45) is 5.73 Å². The molecule has 4 nitrogen and oxygen atoms in total. The second-order valence-electron chi connectivity index (χ2n) is 5.32. The molecule has 0 aliphatic rings. The third-order valence-electron chi connectivity index (χ3n) is 3.88. The fourth-order valence-corrected chi connectivity index (χ4v) is 2.67. The van der Waals surface area contributed by atoms with Gasteiger partial charge in [-0.3, -0.25) is 0 Å². The Morgan fingerprint density at radius 2 is 1.83 bits per heavy atom. The van der Waals surface area contributed by atoms with E-state index in [2.05, 4.69) is 12.1 Å². The van der Waals surface area contributed by atoms with Crippen molar-refractivity contribution in [3.8, 4) is 17.2 Å². The molecule has 0 radical (unpaired) electrons. The second-order valence-corrected chi connectivity index (χ2v) is 5.32. The van der Waals surface area contributed by atoms with Gasteiger partial charge in [-0.05, 0) is 61.3 Å². The first-order valence-electron chi connectivity index (χ1n) is 7.85. The molecule has 23 heavy (non-hydrogen) atoms. The molecular formula is C19H25NO3. The topological polar surface area (TPSA) is 53.7 Å². The first kappa shape index (κ1) is 17.2. The highest BCUT2D eigenvalue weighted by Gasteiger charge is 2.15. The number of hydrogen-bond donors (Lipinski definition) is 1. The Hall–Kier alpha value is -2.20. The summed E-state index contributed by atoms with van der Waals surface area (Å²) in [6.45, 7) is 3.19. The molecule has 0 fully saturated rings. The number of rotatable bonds is 8. The molecule has 0 heterocycles. The largest absolute Gasteiger partial charge is 0.497 e. The SMILES string of the molecule is CCOc1cccc(C(CN)Cc2cc(OC)ccc2OC)c1. The number of hydrogen-bond acceptors (Lipinski definition) is 4. The van der Waals surface area contributed by atoms with E-state index >= 15 is 0 Å². The van der Waals surface area contributed by atoms with Crippen LogP contribution in [0.15, 0.2) is 42.5 Å². The van der Waals surface area contributed by atoms with Gasteiger partial charge in [-0.25, -0.2) is 0 Å². The maximum Gasteiger partial charge on any atom is 0.122 e. The van der Waals surface area contributed by atoms with E-state index in [0.717, 1.165) is 29.2 Å². The summed E-state index contributed by atoms with van der Waals surface area (Å²) in [6, 6.07) is 14.0. The monoisotopic (exact) mass is 315 g/mol. The maximum atomic E-state index is 6.03. The third-order valence-corrected chi connectivity index (χ3v) is 3.88. The van der Waals surface area contributed by atoms with Gasteiger partial charge in [0.1, 0.15) is 17.2 Å².